The molecule has 106 valence electrons. The van der Waals surface area contributed by atoms with Crippen molar-refractivity contribution < 1.29 is 4.42 Å². The summed E-state index contributed by atoms with van der Waals surface area (Å²) in [7, 11) is 0. The summed E-state index contributed by atoms with van der Waals surface area (Å²) < 4.78 is 5.90. The van der Waals surface area contributed by atoms with Gasteiger partial charge in [-0.25, -0.2) is 15.8 Å². The largest absolute Gasteiger partial charge is 0.457 e. The summed E-state index contributed by atoms with van der Waals surface area (Å²) >= 11 is 0. The van der Waals surface area contributed by atoms with Crippen LogP contribution >= 0.6 is 0 Å². The van der Waals surface area contributed by atoms with Gasteiger partial charge in [0.25, 0.3) is 0 Å². The molecule has 1 aliphatic carbocycles. The molecule has 5 heteroatoms. The van der Waals surface area contributed by atoms with Gasteiger partial charge in [-0.15, -0.1) is 0 Å². The summed E-state index contributed by atoms with van der Waals surface area (Å²) in [5, 5.41) is 0. The number of rotatable bonds is 4. The van der Waals surface area contributed by atoms with Crippen LogP contribution in [-0.2, 0) is 6.42 Å². The topological polar surface area (TPSA) is 77.0 Å². The van der Waals surface area contributed by atoms with Gasteiger partial charge in [0.05, 0.1) is 0 Å². The molecule has 1 fully saturated rings. The van der Waals surface area contributed by atoms with Crippen LogP contribution in [0.4, 0.5) is 5.82 Å². The van der Waals surface area contributed by atoms with Crippen molar-refractivity contribution in [2.75, 3.05) is 5.43 Å². The number of hydrogen-bond donors (Lipinski definition) is 2. The number of aryl methyl sites for hydroxylation is 1. The number of nitrogen functional groups attached to an aromatic ring is 1. The van der Waals surface area contributed by atoms with Crippen LogP contribution in [0, 0.1) is 12.8 Å². The molecule has 1 saturated carbocycles. The first-order valence-corrected chi connectivity index (χ1v) is 7.08. The molecule has 20 heavy (non-hydrogen) atoms. The number of furan rings is 1. The first-order valence-electron chi connectivity index (χ1n) is 7.08. The maximum absolute atomic E-state index is 5.90. The molecule has 0 bridgehead atoms. The standard InChI is InChI=1S/C15H20N4O/c1-4-10-9(3)17-15(18-14(10)19-16)13-6-5-12(20-13)11-7-8(11)2/h5-6,8,11H,4,7,16H2,1-3H3,(H,17,18,19). The van der Waals surface area contributed by atoms with E-state index in [1.54, 1.807) is 0 Å². The number of anilines is 1. The molecule has 2 heterocycles. The lowest BCUT2D eigenvalue weighted by molar-refractivity contribution is 0.514. The number of nitrogens with one attached hydrogen (secondary N) is 1. The van der Waals surface area contributed by atoms with Gasteiger partial charge in [-0.3, -0.25) is 0 Å². The van der Waals surface area contributed by atoms with Gasteiger partial charge < -0.3 is 9.84 Å². The molecule has 0 saturated heterocycles. The zero-order valence-corrected chi connectivity index (χ0v) is 12.1. The van der Waals surface area contributed by atoms with Crippen molar-refractivity contribution in [2.45, 2.75) is 39.5 Å². The van der Waals surface area contributed by atoms with E-state index in [1.807, 2.05) is 19.1 Å². The Morgan fingerprint density at radius 1 is 1.40 bits per heavy atom. The Morgan fingerprint density at radius 3 is 2.75 bits per heavy atom. The van der Waals surface area contributed by atoms with Gasteiger partial charge in [-0.05, 0) is 37.8 Å². The van der Waals surface area contributed by atoms with E-state index in [0.29, 0.717) is 23.3 Å². The maximum Gasteiger partial charge on any atom is 0.197 e. The lowest BCUT2D eigenvalue weighted by Gasteiger charge is -2.10. The highest BCUT2D eigenvalue weighted by Crippen LogP contribution is 2.47. The van der Waals surface area contributed by atoms with Crippen LogP contribution in [0.2, 0.25) is 0 Å². The van der Waals surface area contributed by atoms with E-state index in [-0.39, 0.29) is 0 Å². The SMILES string of the molecule is CCc1c(C)nc(-c2ccc(C3CC3C)o2)nc1NN. The van der Waals surface area contributed by atoms with Crippen LogP contribution in [0.3, 0.4) is 0 Å². The molecular formula is C15H20N4O. The third-order valence-corrected chi connectivity index (χ3v) is 4.03. The smallest absolute Gasteiger partial charge is 0.197 e. The van der Waals surface area contributed by atoms with Crippen LogP contribution in [0.1, 0.15) is 43.2 Å². The quantitative estimate of drug-likeness (QED) is 0.661. The molecule has 0 aromatic carbocycles. The van der Waals surface area contributed by atoms with E-state index in [4.69, 9.17) is 10.3 Å². The van der Waals surface area contributed by atoms with Gasteiger partial charge in [0.1, 0.15) is 11.6 Å². The number of aromatic nitrogens is 2. The Bertz CT molecular complexity index is 635. The average Bonchev–Trinajstić information content (AvgIpc) is 2.99. The van der Waals surface area contributed by atoms with E-state index in [1.165, 1.54) is 6.42 Å². The summed E-state index contributed by atoms with van der Waals surface area (Å²) in [5.74, 6) is 9.85. The highest BCUT2D eigenvalue weighted by atomic mass is 16.3. The second kappa shape index (κ2) is 4.90. The van der Waals surface area contributed by atoms with E-state index >= 15 is 0 Å². The van der Waals surface area contributed by atoms with Gasteiger partial charge in [-0.1, -0.05) is 13.8 Å². The third-order valence-electron chi connectivity index (χ3n) is 4.03. The van der Waals surface area contributed by atoms with Crippen molar-refractivity contribution in [2.24, 2.45) is 11.8 Å². The Balaban J connectivity index is 1.97. The molecule has 2 aromatic rings. The zero-order valence-electron chi connectivity index (χ0n) is 12.1. The second-order valence-corrected chi connectivity index (χ2v) is 5.48. The van der Waals surface area contributed by atoms with Crippen LogP contribution in [0.25, 0.3) is 11.6 Å². The molecule has 3 N–H and O–H groups in total. The van der Waals surface area contributed by atoms with E-state index < -0.39 is 0 Å². The monoisotopic (exact) mass is 272 g/mol. The fourth-order valence-electron chi connectivity index (χ4n) is 2.64. The molecule has 0 spiro atoms. The van der Waals surface area contributed by atoms with Gasteiger partial charge in [0.2, 0.25) is 0 Å². The first-order chi connectivity index (χ1) is 9.63. The van der Waals surface area contributed by atoms with Gasteiger partial charge >= 0.3 is 0 Å². The summed E-state index contributed by atoms with van der Waals surface area (Å²) in [5.41, 5.74) is 4.63. The number of nitrogens with zero attached hydrogens (tertiary/aromatic N) is 2. The van der Waals surface area contributed by atoms with Crippen LogP contribution < -0.4 is 11.3 Å². The molecule has 0 radical (unpaired) electrons. The molecule has 1 aliphatic rings. The van der Waals surface area contributed by atoms with Crippen LogP contribution in [0.5, 0.6) is 0 Å². The number of hydrogen-bond acceptors (Lipinski definition) is 5. The molecule has 3 rings (SSSR count). The Morgan fingerprint density at radius 2 is 2.15 bits per heavy atom. The molecule has 0 amide bonds. The lowest BCUT2D eigenvalue weighted by atomic mass is 10.1. The predicted octanol–water partition coefficient (Wildman–Crippen LogP) is 3.02. The fourth-order valence-corrected chi connectivity index (χ4v) is 2.64. The molecular weight excluding hydrogens is 252 g/mol. The Hall–Kier alpha value is -1.88. The van der Waals surface area contributed by atoms with Crippen molar-refractivity contribution >= 4 is 5.82 Å². The predicted molar refractivity (Wildman–Crippen MR) is 78.2 cm³/mol. The minimum atomic E-state index is 0.562. The van der Waals surface area contributed by atoms with Crippen molar-refractivity contribution in [3.8, 4) is 11.6 Å². The molecule has 2 atom stereocenters. The maximum atomic E-state index is 5.90. The van der Waals surface area contributed by atoms with Crippen molar-refractivity contribution in [3.63, 3.8) is 0 Å². The molecule has 2 unspecified atom stereocenters. The highest BCUT2D eigenvalue weighted by molar-refractivity contribution is 5.55. The van der Waals surface area contributed by atoms with E-state index in [0.717, 1.165) is 29.4 Å². The van der Waals surface area contributed by atoms with E-state index in [9.17, 15) is 0 Å². The summed E-state index contributed by atoms with van der Waals surface area (Å²) in [6.45, 7) is 6.27. The van der Waals surface area contributed by atoms with Crippen molar-refractivity contribution in [3.05, 3.63) is 29.2 Å². The molecule has 2 aromatic heterocycles. The average molecular weight is 272 g/mol. The van der Waals surface area contributed by atoms with Crippen molar-refractivity contribution in [1.82, 2.24) is 9.97 Å². The van der Waals surface area contributed by atoms with E-state index in [2.05, 4.69) is 29.2 Å². The Kier molecular flexibility index (Phi) is 3.22. The first kappa shape index (κ1) is 13.1. The summed E-state index contributed by atoms with van der Waals surface area (Å²) in [6.07, 6.45) is 2.05. The highest BCUT2D eigenvalue weighted by Gasteiger charge is 2.36. The normalized spacial score (nSPS) is 21.0. The van der Waals surface area contributed by atoms with Gasteiger partial charge in [-0.2, -0.15) is 0 Å². The molecule has 0 aliphatic heterocycles. The lowest BCUT2D eigenvalue weighted by Crippen LogP contribution is -2.13. The Labute approximate surface area is 118 Å². The van der Waals surface area contributed by atoms with Gasteiger partial charge in [0.15, 0.2) is 11.6 Å². The summed E-state index contributed by atoms with van der Waals surface area (Å²) in [6, 6.07) is 3.98. The van der Waals surface area contributed by atoms with Gasteiger partial charge in [0, 0.05) is 17.2 Å². The molecule has 5 nitrogen and oxygen atoms in total. The number of hydrazine groups is 1. The summed E-state index contributed by atoms with van der Waals surface area (Å²) in [4.78, 5) is 9.00. The zero-order chi connectivity index (χ0) is 14.3. The number of nitrogens with two attached hydrogens (primary N) is 1. The van der Waals surface area contributed by atoms with Crippen LogP contribution in [-0.4, -0.2) is 9.97 Å². The third kappa shape index (κ3) is 2.18. The van der Waals surface area contributed by atoms with Crippen molar-refractivity contribution in [1.29, 1.82) is 0 Å². The fraction of sp³-hybridized carbons (Fsp3) is 0.467. The minimum Gasteiger partial charge on any atom is -0.457 e. The van der Waals surface area contributed by atoms with Crippen LogP contribution in [0.15, 0.2) is 16.5 Å². The minimum absolute atomic E-state index is 0.562. The second-order valence-electron chi connectivity index (χ2n) is 5.48.